The molecular formula is C20H17N5O2S. The highest BCUT2D eigenvalue weighted by atomic mass is 32.1. The van der Waals surface area contributed by atoms with E-state index in [0.717, 1.165) is 26.5 Å². The van der Waals surface area contributed by atoms with Gasteiger partial charge in [-0.1, -0.05) is 34.4 Å². The minimum atomic E-state index is -1.41. The molecule has 4 rings (SSSR count). The third-order valence-electron chi connectivity index (χ3n) is 4.27. The van der Waals surface area contributed by atoms with Gasteiger partial charge in [0.2, 0.25) is 0 Å². The van der Waals surface area contributed by atoms with E-state index < -0.39 is 5.60 Å². The van der Waals surface area contributed by atoms with Gasteiger partial charge in [0.05, 0.1) is 0 Å². The third kappa shape index (κ3) is 3.33. The molecule has 4 aromatic rings. The number of fused-ring (bicyclic) bond motifs is 1. The summed E-state index contributed by atoms with van der Waals surface area (Å²) in [6, 6.07) is 7.47. The molecule has 7 nitrogen and oxygen atoms in total. The van der Waals surface area contributed by atoms with E-state index in [0.29, 0.717) is 22.8 Å². The van der Waals surface area contributed by atoms with Crippen LogP contribution >= 0.6 is 11.3 Å². The summed E-state index contributed by atoms with van der Waals surface area (Å²) < 4.78 is 5.03. The van der Waals surface area contributed by atoms with Crippen LogP contribution in [-0.2, 0) is 5.60 Å². The van der Waals surface area contributed by atoms with E-state index in [2.05, 4.69) is 31.9 Å². The average Bonchev–Trinajstić information content (AvgIpc) is 3.28. The number of aliphatic hydroxyl groups is 1. The van der Waals surface area contributed by atoms with E-state index in [-0.39, 0.29) is 0 Å². The van der Waals surface area contributed by atoms with Crippen LogP contribution < -0.4 is 5.73 Å². The number of benzene rings is 1. The van der Waals surface area contributed by atoms with Crippen molar-refractivity contribution in [2.24, 2.45) is 0 Å². The first-order valence-corrected chi connectivity index (χ1v) is 9.32. The minimum absolute atomic E-state index is 0.361. The number of nitrogens with zero attached hydrogens (tertiary/aromatic N) is 4. The van der Waals surface area contributed by atoms with Crippen molar-refractivity contribution in [1.82, 2.24) is 20.1 Å². The lowest BCUT2D eigenvalue weighted by molar-refractivity contribution is 0.112. The van der Waals surface area contributed by atoms with E-state index in [9.17, 15) is 5.11 Å². The van der Waals surface area contributed by atoms with E-state index in [1.54, 1.807) is 19.9 Å². The van der Waals surface area contributed by atoms with E-state index in [1.165, 1.54) is 17.7 Å². The lowest BCUT2D eigenvalue weighted by atomic mass is 10.0. The maximum absolute atomic E-state index is 10.6. The summed E-state index contributed by atoms with van der Waals surface area (Å²) in [6.07, 6.45) is 1.43. The third-order valence-corrected chi connectivity index (χ3v) is 5.27. The van der Waals surface area contributed by atoms with Crippen molar-refractivity contribution in [3.8, 4) is 22.4 Å². The Morgan fingerprint density at radius 2 is 2.04 bits per heavy atom. The van der Waals surface area contributed by atoms with Crippen LogP contribution in [0.4, 0.5) is 5.82 Å². The van der Waals surface area contributed by atoms with Crippen LogP contribution in [0.3, 0.4) is 0 Å². The standard InChI is InChI=1S/C20H17N5O2S/c1-11-4-5-13(6-7-20(3,26)15-8-12(2)27-25-15)9-14(11)18-24-16-17(21)22-10-23-19(16)28-18/h4-5,8-10,26H,1-3H3,(H2,21,22,23)/t20-/m1/s1. The predicted octanol–water partition coefficient (Wildman–Crippen LogP) is 3.20. The van der Waals surface area contributed by atoms with Gasteiger partial charge in [-0.25, -0.2) is 15.0 Å². The first kappa shape index (κ1) is 18.1. The topological polar surface area (TPSA) is 111 Å². The Bertz CT molecular complexity index is 1250. The van der Waals surface area contributed by atoms with Crippen LogP contribution in [0.15, 0.2) is 35.1 Å². The Kier molecular flexibility index (Phi) is 4.34. The molecule has 1 aromatic carbocycles. The van der Waals surface area contributed by atoms with E-state index in [4.69, 9.17) is 10.3 Å². The number of nitrogens with two attached hydrogens (primary N) is 1. The van der Waals surface area contributed by atoms with Gasteiger partial charge in [-0.2, -0.15) is 0 Å². The Morgan fingerprint density at radius 3 is 2.75 bits per heavy atom. The molecule has 0 fully saturated rings. The van der Waals surface area contributed by atoms with Crippen molar-refractivity contribution >= 4 is 27.5 Å². The second-order valence-electron chi connectivity index (χ2n) is 6.61. The summed E-state index contributed by atoms with van der Waals surface area (Å²) in [4.78, 5) is 13.6. The summed E-state index contributed by atoms with van der Waals surface area (Å²) in [6.45, 7) is 5.35. The fourth-order valence-electron chi connectivity index (χ4n) is 2.67. The minimum Gasteiger partial charge on any atom is -0.382 e. The monoisotopic (exact) mass is 391 g/mol. The lowest BCUT2D eigenvalue weighted by Crippen LogP contribution is -2.18. The molecule has 0 radical (unpaired) electrons. The number of anilines is 1. The first-order chi connectivity index (χ1) is 13.3. The number of aromatic nitrogens is 4. The van der Waals surface area contributed by atoms with Crippen LogP contribution in [0.2, 0.25) is 0 Å². The van der Waals surface area contributed by atoms with Gasteiger partial charge in [0.1, 0.15) is 33.1 Å². The van der Waals surface area contributed by atoms with Crippen LogP contribution in [0.1, 0.15) is 29.5 Å². The highest BCUT2D eigenvalue weighted by molar-refractivity contribution is 7.21. The lowest BCUT2D eigenvalue weighted by Gasteiger charge is -2.11. The second kappa shape index (κ2) is 6.71. The van der Waals surface area contributed by atoms with Crippen molar-refractivity contribution in [3.05, 3.63) is 53.2 Å². The smallest absolute Gasteiger partial charge is 0.168 e. The largest absolute Gasteiger partial charge is 0.382 e. The Hall–Kier alpha value is -3.28. The van der Waals surface area contributed by atoms with E-state index in [1.807, 2.05) is 25.1 Å². The Balaban J connectivity index is 1.73. The molecule has 3 heterocycles. The van der Waals surface area contributed by atoms with Crippen molar-refractivity contribution in [2.45, 2.75) is 26.4 Å². The molecule has 3 aromatic heterocycles. The summed E-state index contributed by atoms with van der Waals surface area (Å²) in [5, 5.41) is 15.2. The second-order valence-corrected chi connectivity index (χ2v) is 7.58. The highest BCUT2D eigenvalue weighted by Gasteiger charge is 2.24. The molecule has 0 saturated carbocycles. The fourth-order valence-corrected chi connectivity index (χ4v) is 3.67. The summed E-state index contributed by atoms with van der Waals surface area (Å²) >= 11 is 1.45. The number of rotatable bonds is 2. The molecule has 28 heavy (non-hydrogen) atoms. The molecule has 140 valence electrons. The summed E-state index contributed by atoms with van der Waals surface area (Å²) in [5.41, 5.74) is 8.20. The molecule has 0 spiro atoms. The first-order valence-electron chi connectivity index (χ1n) is 8.51. The van der Waals surface area contributed by atoms with Gasteiger partial charge in [-0.3, -0.25) is 0 Å². The zero-order chi connectivity index (χ0) is 19.9. The normalized spacial score (nSPS) is 13.1. The number of aryl methyl sites for hydroxylation is 2. The van der Waals surface area contributed by atoms with Crippen LogP contribution in [0.25, 0.3) is 20.9 Å². The molecule has 0 bridgehead atoms. The van der Waals surface area contributed by atoms with E-state index >= 15 is 0 Å². The zero-order valence-electron chi connectivity index (χ0n) is 15.5. The van der Waals surface area contributed by atoms with Gasteiger partial charge >= 0.3 is 0 Å². The number of hydrogen-bond acceptors (Lipinski definition) is 8. The molecular weight excluding hydrogens is 374 g/mol. The van der Waals surface area contributed by atoms with Gasteiger partial charge in [0, 0.05) is 17.2 Å². The predicted molar refractivity (Wildman–Crippen MR) is 107 cm³/mol. The molecule has 3 N–H and O–H groups in total. The molecule has 0 saturated heterocycles. The van der Waals surface area contributed by atoms with Crippen molar-refractivity contribution < 1.29 is 9.63 Å². The van der Waals surface area contributed by atoms with Crippen molar-refractivity contribution in [2.75, 3.05) is 5.73 Å². The Labute approximate surface area is 165 Å². The molecule has 8 heteroatoms. The van der Waals surface area contributed by atoms with Crippen LogP contribution in [0, 0.1) is 25.7 Å². The Morgan fingerprint density at radius 1 is 1.21 bits per heavy atom. The molecule has 0 aliphatic rings. The summed E-state index contributed by atoms with van der Waals surface area (Å²) in [7, 11) is 0. The van der Waals surface area contributed by atoms with Crippen molar-refractivity contribution in [1.29, 1.82) is 0 Å². The molecule has 0 aliphatic heterocycles. The van der Waals surface area contributed by atoms with Crippen LogP contribution in [0.5, 0.6) is 0 Å². The molecule has 0 unspecified atom stereocenters. The number of hydrogen-bond donors (Lipinski definition) is 2. The maximum atomic E-state index is 10.6. The number of thiazole rings is 1. The maximum Gasteiger partial charge on any atom is 0.168 e. The van der Waals surface area contributed by atoms with Gasteiger partial charge in [-0.05, 0) is 38.5 Å². The molecule has 1 atom stereocenters. The molecule has 0 aliphatic carbocycles. The highest BCUT2D eigenvalue weighted by Crippen LogP contribution is 2.33. The fraction of sp³-hybridized carbons (Fsp3) is 0.200. The zero-order valence-corrected chi connectivity index (χ0v) is 16.3. The number of nitrogen functional groups attached to an aromatic ring is 1. The SMILES string of the molecule is Cc1cc([C@](C)(O)C#Cc2ccc(C)c(-c3nc4c(N)ncnc4s3)c2)no1. The van der Waals surface area contributed by atoms with Gasteiger partial charge in [0.25, 0.3) is 0 Å². The molecule has 0 amide bonds. The summed E-state index contributed by atoms with van der Waals surface area (Å²) in [5.74, 6) is 6.86. The quantitative estimate of drug-likeness (QED) is 0.505. The van der Waals surface area contributed by atoms with Crippen LogP contribution in [-0.4, -0.2) is 25.2 Å². The van der Waals surface area contributed by atoms with Gasteiger partial charge < -0.3 is 15.4 Å². The van der Waals surface area contributed by atoms with Gasteiger partial charge in [-0.15, -0.1) is 0 Å². The average molecular weight is 391 g/mol. The van der Waals surface area contributed by atoms with Gasteiger partial charge in [0.15, 0.2) is 11.4 Å². The van der Waals surface area contributed by atoms with Crippen molar-refractivity contribution in [3.63, 3.8) is 0 Å².